The van der Waals surface area contributed by atoms with Crippen LogP contribution in [0.5, 0.6) is 5.75 Å². The number of hydrogen-bond donors (Lipinski definition) is 2. The largest absolute Gasteiger partial charge is 0.441 e. The van der Waals surface area contributed by atoms with Crippen molar-refractivity contribution in [3.63, 3.8) is 0 Å². The fourth-order valence-electron chi connectivity index (χ4n) is 2.32. The first-order valence-corrected chi connectivity index (χ1v) is 7.52. The number of ether oxygens (including phenoxy) is 1. The van der Waals surface area contributed by atoms with Gasteiger partial charge in [0.25, 0.3) is 0 Å². The van der Waals surface area contributed by atoms with E-state index in [-0.39, 0.29) is 0 Å². The van der Waals surface area contributed by atoms with Gasteiger partial charge >= 0.3 is 0 Å². The number of primary amides is 1. The van der Waals surface area contributed by atoms with Crippen molar-refractivity contribution in [1.29, 1.82) is 0 Å². The van der Waals surface area contributed by atoms with Gasteiger partial charge in [-0.05, 0) is 62.3 Å². The van der Waals surface area contributed by atoms with Crippen LogP contribution >= 0.6 is 0 Å². The third kappa shape index (κ3) is 4.52. The maximum Gasteiger partial charge on any atom is 0.249 e. The molecule has 1 saturated carbocycles. The molecule has 1 aromatic carbocycles. The Morgan fingerprint density at radius 3 is 2.38 bits per heavy atom. The Kier molecular flexibility index (Phi) is 4.89. The molecule has 1 aromatic rings. The van der Waals surface area contributed by atoms with Gasteiger partial charge in [0.05, 0.1) is 5.57 Å². The number of carbonyl (C=O) groups is 1. The van der Waals surface area contributed by atoms with Gasteiger partial charge in [-0.3, -0.25) is 4.79 Å². The summed E-state index contributed by atoms with van der Waals surface area (Å²) < 4.78 is 5.94. The summed E-state index contributed by atoms with van der Waals surface area (Å²) in [5.74, 6) is 1.49. The van der Waals surface area contributed by atoms with Gasteiger partial charge in [0.15, 0.2) is 0 Å². The van der Waals surface area contributed by atoms with Crippen molar-refractivity contribution in [1.82, 2.24) is 5.32 Å². The van der Waals surface area contributed by atoms with E-state index in [0.29, 0.717) is 23.8 Å². The maximum atomic E-state index is 11.6. The lowest BCUT2D eigenvalue weighted by molar-refractivity contribution is -0.114. The Balaban J connectivity index is 2.22. The summed E-state index contributed by atoms with van der Waals surface area (Å²) in [6.07, 6.45) is 3.02. The molecule has 4 nitrogen and oxygen atoms in total. The molecule has 0 unspecified atom stereocenters. The second-order valence-electron chi connectivity index (χ2n) is 5.78. The van der Waals surface area contributed by atoms with E-state index in [1.165, 1.54) is 12.8 Å². The van der Waals surface area contributed by atoms with Crippen molar-refractivity contribution in [2.45, 2.75) is 40.0 Å². The molecule has 0 radical (unpaired) electrons. The van der Waals surface area contributed by atoms with E-state index >= 15 is 0 Å². The molecule has 0 spiro atoms. The lowest BCUT2D eigenvalue weighted by Gasteiger charge is -2.16. The third-order valence-corrected chi connectivity index (χ3v) is 3.59. The Labute approximate surface area is 126 Å². The van der Waals surface area contributed by atoms with Gasteiger partial charge in [-0.1, -0.05) is 13.0 Å². The van der Waals surface area contributed by atoms with Gasteiger partial charge in [0, 0.05) is 6.54 Å². The second kappa shape index (κ2) is 6.66. The minimum Gasteiger partial charge on any atom is -0.441 e. The minimum absolute atomic E-state index is 0.430. The number of aryl methyl sites for hydroxylation is 2. The molecular weight excluding hydrogens is 264 g/mol. The maximum absolute atomic E-state index is 11.6. The average Bonchev–Trinajstić information content (AvgIpc) is 3.18. The van der Waals surface area contributed by atoms with Crippen LogP contribution in [-0.2, 0) is 4.79 Å². The van der Waals surface area contributed by atoms with E-state index in [2.05, 4.69) is 11.4 Å². The van der Waals surface area contributed by atoms with Gasteiger partial charge in [-0.2, -0.15) is 0 Å². The van der Waals surface area contributed by atoms with Crippen LogP contribution in [0.4, 0.5) is 0 Å². The summed E-state index contributed by atoms with van der Waals surface area (Å²) in [6, 6.07) is 6.00. The summed E-state index contributed by atoms with van der Waals surface area (Å²) in [7, 11) is 0. The van der Waals surface area contributed by atoms with Crippen LogP contribution in [0, 0.1) is 19.8 Å². The zero-order valence-corrected chi connectivity index (χ0v) is 13.0. The Bertz CT molecular complexity index is 540. The lowest BCUT2D eigenvalue weighted by Crippen LogP contribution is -2.27. The number of benzene rings is 1. The highest BCUT2D eigenvalue weighted by Gasteiger charge is 2.23. The fourth-order valence-corrected chi connectivity index (χ4v) is 2.32. The molecule has 21 heavy (non-hydrogen) atoms. The summed E-state index contributed by atoms with van der Waals surface area (Å²) in [4.78, 5) is 11.6. The van der Waals surface area contributed by atoms with Crippen LogP contribution in [0.2, 0.25) is 0 Å². The van der Waals surface area contributed by atoms with Crippen LogP contribution in [0.3, 0.4) is 0 Å². The van der Waals surface area contributed by atoms with Crippen molar-refractivity contribution in [2.24, 2.45) is 11.7 Å². The molecule has 1 amide bonds. The first-order chi connectivity index (χ1) is 9.99. The van der Waals surface area contributed by atoms with Crippen molar-refractivity contribution in [2.75, 3.05) is 6.54 Å². The normalized spacial score (nSPS) is 15.4. The first kappa shape index (κ1) is 15.4. The van der Waals surface area contributed by atoms with Crippen molar-refractivity contribution < 1.29 is 9.53 Å². The van der Waals surface area contributed by atoms with E-state index in [1.807, 2.05) is 32.9 Å². The van der Waals surface area contributed by atoms with Gasteiger partial charge in [-0.15, -0.1) is 0 Å². The molecule has 0 aliphatic heterocycles. The van der Waals surface area contributed by atoms with E-state index in [4.69, 9.17) is 10.5 Å². The molecule has 114 valence electrons. The van der Waals surface area contributed by atoms with Crippen LogP contribution in [0.25, 0.3) is 0 Å². The molecular formula is C17H24N2O2. The van der Waals surface area contributed by atoms with Crippen LogP contribution in [0.1, 0.15) is 37.3 Å². The van der Waals surface area contributed by atoms with Gasteiger partial charge < -0.3 is 15.8 Å². The summed E-state index contributed by atoms with van der Waals surface area (Å²) in [5.41, 5.74) is 8.23. The van der Waals surface area contributed by atoms with Crippen molar-refractivity contribution in [3.05, 3.63) is 40.8 Å². The number of carbonyl (C=O) groups excluding carboxylic acids is 1. The molecule has 0 bridgehead atoms. The van der Waals surface area contributed by atoms with Crippen molar-refractivity contribution >= 4 is 5.91 Å². The zero-order chi connectivity index (χ0) is 15.4. The molecule has 1 aliphatic rings. The van der Waals surface area contributed by atoms with Gasteiger partial charge in [-0.25, -0.2) is 0 Å². The highest BCUT2D eigenvalue weighted by atomic mass is 16.5. The Morgan fingerprint density at radius 2 is 1.90 bits per heavy atom. The summed E-state index contributed by atoms with van der Waals surface area (Å²) >= 11 is 0. The molecule has 0 aromatic heterocycles. The quantitative estimate of drug-likeness (QED) is 0.599. The highest BCUT2D eigenvalue weighted by Crippen LogP contribution is 2.28. The van der Waals surface area contributed by atoms with Crippen LogP contribution in [0.15, 0.2) is 29.7 Å². The van der Waals surface area contributed by atoms with Crippen molar-refractivity contribution in [3.8, 4) is 5.75 Å². The first-order valence-electron chi connectivity index (χ1n) is 7.52. The molecule has 3 N–H and O–H groups in total. The molecule has 0 atom stereocenters. The Hall–Kier alpha value is -1.97. The molecule has 2 rings (SSSR count). The van der Waals surface area contributed by atoms with Gasteiger partial charge in [0.1, 0.15) is 5.75 Å². The monoisotopic (exact) mass is 288 g/mol. The fraction of sp³-hybridized carbons (Fsp3) is 0.471. The summed E-state index contributed by atoms with van der Waals surface area (Å²) in [5, 5.41) is 3.26. The Morgan fingerprint density at radius 1 is 1.29 bits per heavy atom. The number of rotatable bonds is 7. The molecule has 0 heterocycles. The minimum atomic E-state index is -0.430. The molecule has 1 fully saturated rings. The predicted octanol–water partition coefficient (Wildman–Crippen LogP) is 2.79. The topological polar surface area (TPSA) is 64.4 Å². The average molecular weight is 288 g/mol. The highest BCUT2D eigenvalue weighted by molar-refractivity contribution is 5.92. The van der Waals surface area contributed by atoms with E-state index in [1.54, 1.807) is 0 Å². The molecule has 4 heteroatoms. The lowest BCUT2D eigenvalue weighted by atomic mass is 10.1. The summed E-state index contributed by atoms with van der Waals surface area (Å²) in [6.45, 7) is 6.78. The van der Waals surface area contributed by atoms with E-state index < -0.39 is 5.91 Å². The zero-order valence-electron chi connectivity index (χ0n) is 13.0. The number of nitrogens with two attached hydrogens (primary N) is 1. The SMILES string of the molecule is CC/C(C(N)=O)=C(/NCC1CC1)Oc1cc(C)cc(C)c1. The third-order valence-electron chi connectivity index (χ3n) is 3.59. The standard InChI is InChI=1S/C17H24N2O2/c1-4-15(16(18)20)17(19-10-13-5-6-13)21-14-8-11(2)7-12(3)9-14/h7-9,13,19H,4-6,10H2,1-3H3,(H2,18,20)/b17-15+. The smallest absolute Gasteiger partial charge is 0.249 e. The van der Waals surface area contributed by atoms with E-state index in [0.717, 1.165) is 23.4 Å². The molecule has 1 aliphatic carbocycles. The second-order valence-corrected chi connectivity index (χ2v) is 5.78. The molecule has 0 saturated heterocycles. The number of amides is 1. The van der Waals surface area contributed by atoms with Gasteiger partial charge in [0.2, 0.25) is 11.8 Å². The number of nitrogens with one attached hydrogen (secondary N) is 1. The number of hydrogen-bond acceptors (Lipinski definition) is 3. The van der Waals surface area contributed by atoms with E-state index in [9.17, 15) is 4.79 Å². The van der Waals surface area contributed by atoms with Crippen LogP contribution < -0.4 is 15.8 Å². The predicted molar refractivity (Wildman–Crippen MR) is 83.8 cm³/mol. The van der Waals surface area contributed by atoms with Crippen LogP contribution in [-0.4, -0.2) is 12.5 Å².